The third kappa shape index (κ3) is 2.53. The van der Waals surface area contributed by atoms with E-state index in [0.29, 0.717) is 12.5 Å². The smallest absolute Gasteiger partial charge is 0.322 e. The van der Waals surface area contributed by atoms with Crippen molar-refractivity contribution in [1.82, 2.24) is 15.0 Å². The first-order chi connectivity index (χ1) is 9.76. The maximum Gasteiger partial charge on any atom is 0.322 e. The molecule has 1 aromatic heterocycles. The summed E-state index contributed by atoms with van der Waals surface area (Å²) in [5, 5.41) is 3.11. The highest BCUT2D eigenvalue weighted by molar-refractivity contribution is 6.28. The third-order valence-corrected chi connectivity index (χ3v) is 2.85. The zero-order chi connectivity index (χ0) is 13.9. The lowest BCUT2D eigenvalue weighted by molar-refractivity contribution is 0.173. The Morgan fingerprint density at radius 2 is 2.20 bits per heavy atom. The summed E-state index contributed by atoms with van der Waals surface area (Å²) < 4.78 is 15.7. The first-order valence-corrected chi connectivity index (χ1v) is 6.21. The van der Waals surface area contributed by atoms with Crippen LogP contribution in [0.4, 0.5) is 5.95 Å². The van der Waals surface area contributed by atoms with Crippen LogP contribution in [0.5, 0.6) is 17.5 Å². The van der Waals surface area contributed by atoms with Crippen molar-refractivity contribution in [3.8, 4) is 17.5 Å². The second kappa shape index (κ2) is 5.38. The van der Waals surface area contributed by atoms with Gasteiger partial charge in [-0.1, -0.05) is 12.1 Å². The number of hydrogen-bond acceptors (Lipinski definition) is 7. The number of halogens is 1. The van der Waals surface area contributed by atoms with Crippen LogP contribution in [0.3, 0.4) is 0 Å². The average molecular weight is 295 g/mol. The predicted molar refractivity (Wildman–Crippen MR) is 71.3 cm³/mol. The molecule has 0 bridgehead atoms. The maximum absolute atomic E-state index is 5.78. The molecule has 20 heavy (non-hydrogen) atoms. The normalized spacial score (nSPS) is 12.3. The van der Waals surface area contributed by atoms with E-state index in [1.54, 1.807) is 0 Å². The summed E-state index contributed by atoms with van der Waals surface area (Å²) >= 11 is 5.78. The number of nitrogens with zero attached hydrogens (tertiary/aromatic N) is 3. The van der Waals surface area contributed by atoms with Crippen molar-refractivity contribution in [2.24, 2.45) is 0 Å². The van der Waals surface area contributed by atoms with Crippen molar-refractivity contribution in [2.45, 2.75) is 6.54 Å². The Morgan fingerprint density at radius 3 is 3.05 bits per heavy atom. The summed E-state index contributed by atoms with van der Waals surface area (Å²) in [6.07, 6.45) is 0. The highest BCUT2D eigenvalue weighted by Gasteiger charge is 2.17. The van der Waals surface area contributed by atoms with Crippen LogP contribution in [0.15, 0.2) is 18.2 Å². The van der Waals surface area contributed by atoms with Crippen LogP contribution < -0.4 is 19.5 Å². The number of aromatic nitrogens is 3. The molecule has 2 aromatic rings. The van der Waals surface area contributed by atoms with Gasteiger partial charge in [0.1, 0.15) is 0 Å². The average Bonchev–Trinajstić information content (AvgIpc) is 2.93. The van der Waals surface area contributed by atoms with Crippen molar-refractivity contribution >= 4 is 17.5 Å². The number of benzene rings is 1. The molecule has 2 heterocycles. The molecular formula is C12H11ClN4O3. The van der Waals surface area contributed by atoms with Gasteiger partial charge in [-0.3, -0.25) is 0 Å². The molecule has 0 atom stereocenters. The molecule has 0 aliphatic carbocycles. The summed E-state index contributed by atoms with van der Waals surface area (Å²) in [6.45, 7) is 0.702. The summed E-state index contributed by atoms with van der Waals surface area (Å²) in [5.74, 6) is 1.79. The maximum atomic E-state index is 5.78. The van der Waals surface area contributed by atoms with Crippen molar-refractivity contribution in [2.75, 3.05) is 19.2 Å². The molecule has 7 nitrogen and oxygen atoms in total. The first kappa shape index (κ1) is 12.7. The Kier molecular flexibility index (Phi) is 3.42. The van der Waals surface area contributed by atoms with E-state index in [9.17, 15) is 0 Å². The Labute approximate surface area is 119 Å². The lowest BCUT2D eigenvalue weighted by Gasteiger charge is -2.08. The fraction of sp³-hybridized carbons (Fsp3) is 0.250. The van der Waals surface area contributed by atoms with E-state index in [0.717, 1.165) is 17.1 Å². The Hall–Kier alpha value is -2.28. The second-order valence-corrected chi connectivity index (χ2v) is 4.26. The predicted octanol–water partition coefficient (Wildman–Crippen LogP) is 1.87. The molecule has 0 radical (unpaired) electrons. The number of fused-ring (bicyclic) bond motifs is 1. The minimum atomic E-state index is 0.0669. The van der Waals surface area contributed by atoms with Crippen LogP contribution in [0.25, 0.3) is 0 Å². The molecular weight excluding hydrogens is 284 g/mol. The van der Waals surface area contributed by atoms with Crippen molar-refractivity contribution in [3.63, 3.8) is 0 Å². The fourth-order valence-corrected chi connectivity index (χ4v) is 1.96. The van der Waals surface area contributed by atoms with Gasteiger partial charge in [-0.2, -0.15) is 15.0 Å². The number of methoxy groups -OCH3 is 1. The standard InChI is InChI=1S/C12H11ClN4O3/c1-18-12-16-10(13)15-11(17-12)14-5-7-3-2-4-8-9(7)20-6-19-8/h2-4H,5-6H2,1H3,(H,14,15,16,17). The number of ether oxygens (including phenoxy) is 3. The highest BCUT2D eigenvalue weighted by atomic mass is 35.5. The Morgan fingerprint density at radius 1 is 1.30 bits per heavy atom. The van der Waals surface area contributed by atoms with Gasteiger partial charge in [0.05, 0.1) is 7.11 Å². The largest absolute Gasteiger partial charge is 0.467 e. The Balaban J connectivity index is 1.77. The molecule has 1 aromatic carbocycles. The molecule has 0 amide bonds. The quantitative estimate of drug-likeness (QED) is 0.922. The van der Waals surface area contributed by atoms with E-state index in [4.69, 9.17) is 25.8 Å². The third-order valence-electron chi connectivity index (χ3n) is 2.69. The minimum Gasteiger partial charge on any atom is -0.467 e. The van der Waals surface area contributed by atoms with E-state index < -0.39 is 0 Å². The number of rotatable bonds is 4. The minimum absolute atomic E-state index is 0.0669. The lowest BCUT2D eigenvalue weighted by Crippen LogP contribution is -2.06. The van der Waals surface area contributed by atoms with Crippen molar-refractivity contribution < 1.29 is 14.2 Å². The molecule has 0 unspecified atom stereocenters. The van der Waals surface area contributed by atoms with Crippen LogP contribution >= 0.6 is 11.6 Å². The molecule has 1 aliphatic heterocycles. The van der Waals surface area contributed by atoms with Gasteiger partial charge in [0.2, 0.25) is 18.0 Å². The van der Waals surface area contributed by atoms with Crippen molar-refractivity contribution in [1.29, 1.82) is 0 Å². The number of hydrogen-bond donors (Lipinski definition) is 1. The SMILES string of the molecule is COc1nc(Cl)nc(NCc2cccc3c2OCO3)n1. The van der Waals surface area contributed by atoms with Gasteiger partial charge in [-0.15, -0.1) is 0 Å². The van der Waals surface area contributed by atoms with E-state index in [-0.39, 0.29) is 18.1 Å². The van der Waals surface area contributed by atoms with Crippen molar-refractivity contribution in [3.05, 3.63) is 29.0 Å². The molecule has 0 spiro atoms. The lowest BCUT2D eigenvalue weighted by atomic mass is 10.2. The second-order valence-electron chi connectivity index (χ2n) is 3.92. The molecule has 0 saturated heterocycles. The van der Waals surface area contributed by atoms with E-state index >= 15 is 0 Å². The molecule has 8 heteroatoms. The molecule has 0 saturated carbocycles. The summed E-state index contributed by atoms with van der Waals surface area (Å²) in [6, 6.07) is 5.84. The Bertz CT molecular complexity index is 638. The van der Waals surface area contributed by atoms with Gasteiger partial charge in [0, 0.05) is 12.1 Å². The molecule has 3 rings (SSSR count). The van der Waals surface area contributed by atoms with Gasteiger partial charge in [-0.25, -0.2) is 0 Å². The van der Waals surface area contributed by atoms with Crippen LogP contribution in [-0.4, -0.2) is 28.9 Å². The molecule has 0 fully saturated rings. The van der Waals surface area contributed by atoms with E-state index in [2.05, 4.69) is 20.3 Å². The van der Waals surface area contributed by atoms with Crippen LogP contribution in [0.1, 0.15) is 5.56 Å². The summed E-state index contributed by atoms with van der Waals surface area (Å²) in [4.78, 5) is 11.8. The van der Waals surface area contributed by atoms with Gasteiger partial charge in [0.15, 0.2) is 11.5 Å². The number of para-hydroxylation sites is 1. The summed E-state index contributed by atoms with van der Waals surface area (Å²) in [5.41, 5.74) is 0.940. The number of anilines is 1. The highest BCUT2D eigenvalue weighted by Crippen LogP contribution is 2.35. The number of nitrogens with one attached hydrogen (secondary N) is 1. The van der Waals surface area contributed by atoms with Crippen LogP contribution in [0, 0.1) is 0 Å². The topological polar surface area (TPSA) is 78.4 Å². The molecule has 1 N–H and O–H groups in total. The van der Waals surface area contributed by atoms with Crippen LogP contribution in [0.2, 0.25) is 5.28 Å². The van der Waals surface area contributed by atoms with E-state index in [1.807, 2.05) is 18.2 Å². The van der Waals surface area contributed by atoms with E-state index in [1.165, 1.54) is 7.11 Å². The van der Waals surface area contributed by atoms with Crippen LogP contribution in [-0.2, 0) is 6.54 Å². The first-order valence-electron chi connectivity index (χ1n) is 5.83. The summed E-state index contributed by atoms with van der Waals surface area (Å²) in [7, 11) is 1.46. The zero-order valence-corrected chi connectivity index (χ0v) is 11.3. The molecule has 104 valence electrons. The van der Waals surface area contributed by atoms with Gasteiger partial charge >= 0.3 is 6.01 Å². The van der Waals surface area contributed by atoms with Gasteiger partial charge in [0.25, 0.3) is 0 Å². The monoisotopic (exact) mass is 294 g/mol. The van der Waals surface area contributed by atoms with Gasteiger partial charge in [-0.05, 0) is 17.7 Å². The zero-order valence-electron chi connectivity index (χ0n) is 10.6. The molecule has 1 aliphatic rings. The fourth-order valence-electron chi connectivity index (χ4n) is 1.81. The van der Waals surface area contributed by atoms with Gasteiger partial charge < -0.3 is 19.5 Å².